The van der Waals surface area contributed by atoms with Gasteiger partial charge in [-0.2, -0.15) is 4.98 Å². The van der Waals surface area contributed by atoms with Crippen molar-refractivity contribution in [1.29, 1.82) is 0 Å². The van der Waals surface area contributed by atoms with Crippen LogP contribution in [0.4, 0.5) is 10.3 Å². The number of Topliss-reactive ketones (excluding diaryl/α,β-unsaturated/α-hetero) is 1. The molecule has 0 radical (unpaired) electrons. The van der Waals surface area contributed by atoms with Crippen LogP contribution in [0.1, 0.15) is 30.9 Å². The van der Waals surface area contributed by atoms with Crippen LogP contribution < -0.4 is 5.32 Å². The highest BCUT2D eigenvalue weighted by Gasteiger charge is 2.37. The van der Waals surface area contributed by atoms with Gasteiger partial charge in [-0.3, -0.25) is 4.79 Å². The van der Waals surface area contributed by atoms with Crippen LogP contribution in [0.5, 0.6) is 0 Å². The number of nitrogens with one attached hydrogen (secondary N) is 1. The van der Waals surface area contributed by atoms with Crippen LogP contribution in [-0.4, -0.2) is 20.5 Å². The third-order valence-electron chi connectivity index (χ3n) is 6.08. The average Bonchev–Trinajstić information content (AvgIpc) is 3.22. The molecule has 0 spiro atoms. The first-order valence-corrected chi connectivity index (χ1v) is 10.4. The Hall–Kier alpha value is -3.80. The van der Waals surface area contributed by atoms with E-state index in [1.165, 1.54) is 12.1 Å². The van der Waals surface area contributed by atoms with Gasteiger partial charge in [-0.1, -0.05) is 54.6 Å². The van der Waals surface area contributed by atoms with Gasteiger partial charge in [-0.05, 0) is 41.3 Å². The Balaban J connectivity index is 1.55. The quantitative estimate of drug-likeness (QED) is 0.490. The van der Waals surface area contributed by atoms with Gasteiger partial charge in [0, 0.05) is 23.3 Å². The molecule has 31 heavy (non-hydrogen) atoms. The number of nitrogens with zero attached hydrogens (tertiary/aromatic N) is 3. The molecular weight excluding hydrogens is 391 g/mol. The Morgan fingerprint density at radius 1 is 0.968 bits per heavy atom. The zero-order valence-corrected chi connectivity index (χ0v) is 16.7. The van der Waals surface area contributed by atoms with E-state index in [2.05, 4.69) is 23.5 Å². The SMILES string of the molecule is O=C1CCCC2=C1C(c1ccc(F)cc1)n1nc(-c3cccc4ccccc34)nc1N2. The summed E-state index contributed by atoms with van der Waals surface area (Å²) >= 11 is 0. The second-order valence-corrected chi connectivity index (χ2v) is 7.98. The summed E-state index contributed by atoms with van der Waals surface area (Å²) in [5.74, 6) is 0.998. The van der Waals surface area contributed by atoms with Crippen molar-refractivity contribution in [2.45, 2.75) is 25.3 Å². The monoisotopic (exact) mass is 410 g/mol. The molecular formula is C25H19FN4O. The highest BCUT2D eigenvalue weighted by atomic mass is 19.1. The summed E-state index contributed by atoms with van der Waals surface area (Å²) in [4.78, 5) is 17.7. The van der Waals surface area contributed by atoms with Gasteiger partial charge in [0.25, 0.3) is 0 Å². The van der Waals surface area contributed by atoms with Crippen molar-refractivity contribution in [3.05, 3.63) is 89.4 Å². The van der Waals surface area contributed by atoms with Crippen LogP contribution in [0.15, 0.2) is 78.0 Å². The maximum atomic E-state index is 13.6. The molecule has 152 valence electrons. The minimum absolute atomic E-state index is 0.107. The van der Waals surface area contributed by atoms with Gasteiger partial charge in [0.2, 0.25) is 5.95 Å². The Morgan fingerprint density at radius 2 is 1.77 bits per heavy atom. The normalized spacial score (nSPS) is 18.0. The van der Waals surface area contributed by atoms with Gasteiger partial charge in [-0.25, -0.2) is 9.07 Å². The lowest BCUT2D eigenvalue weighted by Gasteiger charge is -2.32. The topological polar surface area (TPSA) is 59.8 Å². The van der Waals surface area contributed by atoms with Crippen molar-refractivity contribution >= 4 is 22.5 Å². The van der Waals surface area contributed by atoms with E-state index in [9.17, 15) is 9.18 Å². The largest absolute Gasteiger partial charge is 0.328 e. The van der Waals surface area contributed by atoms with Gasteiger partial charge in [0.15, 0.2) is 11.6 Å². The standard InChI is InChI=1S/C25H19FN4O/c26-17-13-11-16(12-14-17)23-22-20(9-4-10-21(22)31)27-25-28-24(29-30(23)25)19-8-3-6-15-5-1-2-7-18(15)19/h1-3,5-8,11-14,23H,4,9-10H2,(H,27,28,29). The lowest BCUT2D eigenvalue weighted by Crippen LogP contribution is -2.31. The van der Waals surface area contributed by atoms with E-state index in [0.717, 1.165) is 40.4 Å². The molecule has 0 saturated carbocycles. The Morgan fingerprint density at radius 3 is 2.65 bits per heavy atom. The fourth-order valence-electron chi connectivity index (χ4n) is 4.64. The molecule has 3 aromatic carbocycles. The van der Waals surface area contributed by atoms with Crippen molar-refractivity contribution in [3.8, 4) is 11.4 Å². The smallest absolute Gasteiger partial charge is 0.226 e. The highest BCUT2D eigenvalue weighted by Crippen LogP contribution is 2.41. The number of allylic oxidation sites excluding steroid dienone is 2. The number of carbonyl (C=O) groups excluding carboxylic acids is 1. The number of anilines is 1. The summed E-state index contributed by atoms with van der Waals surface area (Å²) in [7, 11) is 0. The molecule has 1 aliphatic carbocycles. The van der Waals surface area contributed by atoms with Gasteiger partial charge in [-0.15, -0.1) is 5.10 Å². The molecule has 0 amide bonds. The summed E-state index contributed by atoms with van der Waals surface area (Å²) in [6.45, 7) is 0. The van der Waals surface area contributed by atoms with Gasteiger partial charge in [0.05, 0.1) is 0 Å². The second-order valence-electron chi connectivity index (χ2n) is 7.98. The van der Waals surface area contributed by atoms with Crippen LogP contribution in [0.2, 0.25) is 0 Å². The third kappa shape index (κ3) is 2.86. The van der Waals surface area contributed by atoms with E-state index in [0.29, 0.717) is 23.8 Å². The molecule has 1 atom stereocenters. The van der Waals surface area contributed by atoms with Crippen molar-refractivity contribution < 1.29 is 9.18 Å². The van der Waals surface area contributed by atoms with E-state index in [-0.39, 0.29) is 11.6 Å². The van der Waals surface area contributed by atoms with Gasteiger partial charge in [0.1, 0.15) is 11.9 Å². The molecule has 2 aliphatic rings. The minimum atomic E-state index is -0.420. The Labute approximate surface area is 178 Å². The molecule has 4 aromatic rings. The van der Waals surface area contributed by atoms with Crippen molar-refractivity contribution in [2.24, 2.45) is 0 Å². The van der Waals surface area contributed by atoms with E-state index >= 15 is 0 Å². The Kier molecular flexibility index (Phi) is 3.99. The van der Waals surface area contributed by atoms with Crippen molar-refractivity contribution in [3.63, 3.8) is 0 Å². The zero-order chi connectivity index (χ0) is 20.9. The summed E-state index contributed by atoms with van der Waals surface area (Å²) < 4.78 is 15.4. The summed E-state index contributed by atoms with van der Waals surface area (Å²) in [5, 5.41) is 10.4. The predicted molar refractivity (Wildman–Crippen MR) is 117 cm³/mol. The van der Waals surface area contributed by atoms with Crippen molar-refractivity contribution in [2.75, 3.05) is 5.32 Å². The van der Waals surface area contributed by atoms with Crippen LogP contribution in [-0.2, 0) is 4.79 Å². The van der Waals surface area contributed by atoms with E-state index in [1.807, 2.05) is 24.3 Å². The summed E-state index contributed by atoms with van der Waals surface area (Å²) in [6, 6.07) is 20.1. The molecule has 0 bridgehead atoms. The number of ketones is 1. The third-order valence-corrected chi connectivity index (χ3v) is 6.08. The number of aromatic nitrogens is 3. The highest BCUT2D eigenvalue weighted by molar-refractivity contribution is 5.99. The van der Waals surface area contributed by atoms with Gasteiger partial charge < -0.3 is 5.32 Å². The number of rotatable bonds is 2. The minimum Gasteiger partial charge on any atom is -0.328 e. The molecule has 0 saturated heterocycles. The summed E-state index contributed by atoms with van der Waals surface area (Å²) in [5.41, 5.74) is 3.36. The molecule has 5 nitrogen and oxygen atoms in total. The van der Waals surface area contributed by atoms with Crippen LogP contribution in [0.3, 0.4) is 0 Å². The fourth-order valence-corrected chi connectivity index (χ4v) is 4.64. The number of hydrogen-bond acceptors (Lipinski definition) is 4. The maximum Gasteiger partial charge on any atom is 0.226 e. The van der Waals surface area contributed by atoms with Gasteiger partial charge >= 0.3 is 0 Å². The Bertz CT molecular complexity index is 1360. The van der Waals surface area contributed by atoms with E-state index in [1.54, 1.807) is 16.8 Å². The number of halogens is 1. The molecule has 6 rings (SSSR count). The van der Waals surface area contributed by atoms with Crippen LogP contribution in [0.25, 0.3) is 22.2 Å². The second kappa shape index (κ2) is 6.87. The predicted octanol–water partition coefficient (Wildman–Crippen LogP) is 5.26. The maximum absolute atomic E-state index is 13.6. The first-order valence-electron chi connectivity index (χ1n) is 10.4. The lowest BCUT2D eigenvalue weighted by molar-refractivity contribution is -0.116. The first-order chi connectivity index (χ1) is 15.2. The van der Waals surface area contributed by atoms with E-state index in [4.69, 9.17) is 10.1 Å². The molecule has 6 heteroatoms. The molecule has 1 unspecified atom stereocenters. The number of benzene rings is 3. The number of hydrogen-bond donors (Lipinski definition) is 1. The van der Waals surface area contributed by atoms with Crippen LogP contribution in [0, 0.1) is 5.82 Å². The molecule has 1 aliphatic heterocycles. The molecule has 0 fully saturated rings. The summed E-state index contributed by atoms with van der Waals surface area (Å²) in [6.07, 6.45) is 2.11. The molecule has 1 N–H and O–H groups in total. The first kappa shape index (κ1) is 18.0. The zero-order valence-electron chi connectivity index (χ0n) is 16.7. The molecule has 1 aromatic heterocycles. The lowest BCUT2D eigenvalue weighted by atomic mass is 9.85. The average molecular weight is 410 g/mol. The van der Waals surface area contributed by atoms with Crippen molar-refractivity contribution in [1.82, 2.24) is 14.8 Å². The number of fused-ring (bicyclic) bond motifs is 2. The van der Waals surface area contributed by atoms with Crippen LogP contribution >= 0.6 is 0 Å². The number of carbonyl (C=O) groups is 1. The fraction of sp³-hybridized carbons (Fsp3) is 0.160. The van der Waals surface area contributed by atoms with E-state index < -0.39 is 6.04 Å². The molecule has 2 heterocycles.